The van der Waals surface area contributed by atoms with Crippen molar-refractivity contribution in [3.63, 3.8) is 0 Å². The largest absolute Gasteiger partial charge is 0.404 e. The summed E-state index contributed by atoms with van der Waals surface area (Å²) in [5.41, 5.74) is 13.8. The van der Waals surface area contributed by atoms with E-state index in [4.69, 9.17) is 11.5 Å². The number of benzene rings is 1. The van der Waals surface area contributed by atoms with Gasteiger partial charge in [0.1, 0.15) is 12.3 Å². The predicted octanol–water partition coefficient (Wildman–Crippen LogP) is 1.77. The number of fused-ring (bicyclic) bond motifs is 1. The molecule has 1 aromatic carbocycles. The van der Waals surface area contributed by atoms with Gasteiger partial charge in [0.2, 0.25) is 5.91 Å². The van der Waals surface area contributed by atoms with Crippen LogP contribution in [0.2, 0.25) is 0 Å². The number of nitrogens with zero attached hydrogens (tertiary/aromatic N) is 3. The Morgan fingerprint density at radius 2 is 1.97 bits per heavy atom. The zero-order valence-electron chi connectivity index (χ0n) is 19.7. The Kier molecular flexibility index (Phi) is 7.53. The van der Waals surface area contributed by atoms with Crippen molar-refractivity contribution < 1.29 is 19.2 Å². The lowest BCUT2D eigenvalue weighted by Gasteiger charge is -2.33. The fraction of sp³-hybridized carbons (Fsp3) is 0.308. The molecule has 1 aliphatic carbocycles. The molecule has 5 N–H and O–H groups in total. The van der Waals surface area contributed by atoms with Crippen LogP contribution in [-0.4, -0.2) is 58.7 Å². The number of aliphatic imine (C=N–C) groups is 1. The molecule has 0 spiro atoms. The molecule has 1 saturated carbocycles. The monoisotopic (exact) mass is 488 g/mol. The van der Waals surface area contributed by atoms with Gasteiger partial charge in [-0.15, -0.1) is 0 Å². The number of allylic oxidation sites excluding steroid dienone is 1. The van der Waals surface area contributed by atoms with E-state index >= 15 is 0 Å². The second-order valence-electron chi connectivity index (χ2n) is 8.89. The number of rotatable bonds is 11. The summed E-state index contributed by atoms with van der Waals surface area (Å²) in [5.74, 6) is -1.56. The summed E-state index contributed by atoms with van der Waals surface area (Å²) in [7, 11) is 0. The normalized spacial score (nSPS) is 20.2. The van der Waals surface area contributed by atoms with E-state index in [0.29, 0.717) is 24.4 Å². The third-order valence-electron chi connectivity index (χ3n) is 6.49. The van der Waals surface area contributed by atoms with Gasteiger partial charge in [-0.1, -0.05) is 6.07 Å². The molecule has 1 aliphatic heterocycles. The van der Waals surface area contributed by atoms with Gasteiger partial charge < -0.3 is 21.6 Å². The number of hydrogen-bond donors (Lipinski definition) is 3. The van der Waals surface area contributed by atoms with E-state index in [1.54, 1.807) is 30.6 Å². The molecule has 10 heteroatoms. The Bertz CT molecular complexity index is 1220. The Morgan fingerprint density at radius 3 is 2.64 bits per heavy atom. The molecule has 10 nitrogen and oxygen atoms in total. The zero-order chi connectivity index (χ0) is 25.7. The van der Waals surface area contributed by atoms with Crippen LogP contribution in [-0.2, 0) is 9.59 Å². The molecular formula is C26H28N6O4. The third-order valence-corrected chi connectivity index (χ3v) is 6.49. The van der Waals surface area contributed by atoms with Gasteiger partial charge in [-0.05, 0) is 55.5 Å². The lowest BCUT2D eigenvalue weighted by Crippen LogP contribution is -2.47. The van der Waals surface area contributed by atoms with Gasteiger partial charge in [-0.25, -0.2) is 0 Å². The fourth-order valence-corrected chi connectivity index (χ4v) is 4.44. The number of carbonyl (C=O) groups is 4. The Hall–Kier alpha value is -4.34. The Balaban J connectivity index is 1.32. The molecule has 0 bridgehead atoms. The van der Waals surface area contributed by atoms with Crippen LogP contribution < -0.4 is 16.8 Å². The van der Waals surface area contributed by atoms with Gasteiger partial charge in [0.25, 0.3) is 11.8 Å². The van der Waals surface area contributed by atoms with Crippen LogP contribution in [0.15, 0.2) is 53.8 Å². The van der Waals surface area contributed by atoms with Crippen molar-refractivity contribution in [1.82, 2.24) is 9.88 Å². The predicted molar refractivity (Wildman–Crippen MR) is 135 cm³/mol. The van der Waals surface area contributed by atoms with Crippen LogP contribution in [0.25, 0.3) is 5.57 Å². The average Bonchev–Trinajstić information content (AvgIpc) is 3.10. The summed E-state index contributed by atoms with van der Waals surface area (Å²) in [6, 6.07) is 9.60. The molecule has 4 rings (SSSR count). The van der Waals surface area contributed by atoms with Gasteiger partial charge in [0, 0.05) is 42.8 Å². The zero-order valence-corrected chi connectivity index (χ0v) is 19.7. The minimum absolute atomic E-state index is 0.00512. The molecule has 36 heavy (non-hydrogen) atoms. The van der Waals surface area contributed by atoms with Crippen molar-refractivity contribution in [2.75, 3.05) is 11.9 Å². The molecule has 2 aromatic rings. The van der Waals surface area contributed by atoms with Crippen LogP contribution in [0.3, 0.4) is 0 Å². The van der Waals surface area contributed by atoms with E-state index in [1.165, 1.54) is 6.20 Å². The van der Waals surface area contributed by atoms with Crippen molar-refractivity contribution in [1.29, 1.82) is 0 Å². The number of pyridine rings is 1. The number of primary amides is 1. The molecular weight excluding hydrogens is 460 g/mol. The maximum atomic E-state index is 12.9. The van der Waals surface area contributed by atoms with E-state index < -0.39 is 23.8 Å². The maximum absolute atomic E-state index is 12.9. The maximum Gasteiger partial charge on any atom is 0.262 e. The second kappa shape index (κ2) is 10.9. The summed E-state index contributed by atoms with van der Waals surface area (Å²) in [6.07, 6.45) is 7.45. The molecule has 0 saturated heterocycles. The van der Waals surface area contributed by atoms with Gasteiger partial charge >= 0.3 is 0 Å². The molecule has 186 valence electrons. The number of amides is 3. The first-order valence-electron chi connectivity index (χ1n) is 11.8. The summed E-state index contributed by atoms with van der Waals surface area (Å²) in [6.45, 7) is 0.694. The van der Waals surface area contributed by atoms with Gasteiger partial charge in [0.15, 0.2) is 0 Å². The van der Waals surface area contributed by atoms with E-state index in [1.807, 2.05) is 18.2 Å². The highest BCUT2D eigenvalue weighted by Crippen LogP contribution is 2.32. The lowest BCUT2D eigenvalue weighted by atomic mass is 9.80. The minimum Gasteiger partial charge on any atom is -0.404 e. The lowest BCUT2D eigenvalue weighted by molar-refractivity contribution is -0.122. The molecule has 2 heterocycles. The SMILES string of the molecule is NC=C(C=NC1CC(CNc2ccc3c(c2)C(=O)N(C(CCC=O)C(N)=O)C3=O)C1)c1ccccn1. The van der Waals surface area contributed by atoms with E-state index in [-0.39, 0.29) is 30.0 Å². The highest BCUT2D eigenvalue weighted by molar-refractivity contribution is 6.23. The smallest absolute Gasteiger partial charge is 0.262 e. The quantitative estimate of drug-likeness (QED) is 0.247. The Morgan fingerprint density at radius 1 is 1.19 bits per heavy atom. The standard InChI is InChI=1S/C26H28N6O4/c27-13-17(22-4-1-2-8-29-22)15-31-19-10-16(11-19)14-30-18-6-7-20-21(12-18)26(36)32(25(20)35)23(24(28)34)5-3-9-33/h1-2,4,6-9,12-13,15-16,19,23,30H,3,5,10-11,14,27H2,(H2,28,34). The number of carbonyl (C=O) groups excluding carboxylic acids is 4. The van der Waals surface area contributed by atoms with Crippen LogP contribution in [0.5, 0.6) is 0 Å². The van der Waals surface area contributed by atoms with Gasteiger partial charge in [-0.2, -0.15) is 0 Å². The van der Waals surface area contributed by atoms with Crippen LogP contribution in [0, 0.1) is 5.92 Å². The van der Waals surface area contributed by atoms with Gasteiger partial charge in [0.05, 0.1) is 22.9 Å². The van der Waals surface area contributed by atoms with E-state index in [0.717, 1.165) is 29.0 Å². The summed E-state index contributed by atoms with van der Waals surface area (Å²) < 4.78 is 0. The van der Waals surface area contributed by atoms with E-state index in [2.05, 4.69) is 15.3 Å². The van der Waals surface area contributed by atoms with Crippen LogP contribution in [0.1, 0.15) is 52.1 Å². The number of hydrogen-bond acceptors (Lipinski definition) is 8. The molecule has 1 unspecified atom stereocenters. The topological polar surface area (TPSA) is 161 Å². The van der Waals surface area contributed by atoms with Crippen LogP contribution in [0.4, 0.5) is 5.69 Å². The molecule has 1 fully saturated rings. The molecule has 1 atom stereocenters. The van der Waals surface area contributed by atoms with Crippen molar-refractivity contribution in [3.8, 4) is 0 Å². The number of nitrogens with one attached hydrogen (secondary N) is 1. The van der Waals surface area contributed by atoms with Crippen molar-refractivity contribution in [2.45, 2.75) is 37.8 Å². The fourth-order valence-electron chi connectivity index (χ4n) is 4.44. The number of anilines is 1. The highest BCUT2D eigenvalue weighted by atomic mass is 16.2. The molecule has 1 aromatic heterocycles. The number of aromatic nitrogens is 1. The molecule has 3 amide bonds. The summed E-state index contributed by atoms with van der Waals surface area (Å²) >= 11 is 0. The number of aldehydes is 1. The van der Waals surface area contributed by atoms with E-state index in [9.17, 15) is 19.2 Å². The number of nitrogens with two attached hydrogens (primary N) is 2. The first kappa shape index (κ1) is 24.8. The second-order valence-corrected chi connectivity index (χ2v) is 8.89. The third kappa shape index (κ3) is 5.17. The van der Waals surface area contributed by atoms with Crippen molar-refractivity contribution in [2.24, 2.45) is 22.4 Å². The average molecular weight is 489 g/mol. The van der Waals surface area contributed by atoms with Gasteiger partial charge in [-0.3, -0.25) is 29.3 Å². The minimum atomic E-state index is -1.15. The highest BCUT2D eigenvalue weighted by Gasteiger charge is 2.42. The summed E-state index contributed by atoms with van der Waals surface area (Å²) in [4.78, 5) is 58.0. The van der Waals surface area contributed by atoms with Crippen molar-refractivity contribution >= 4 is 41.5 Å². The summed E-state index contributed by atoms with van der Waals surface area (Å²) in [5, 5.41) is 3.32. The van der Waals surface area contributed by atoms with Crippen molar-refractivity contribution in [3.05, 3.63) is 65.6 Å². The number of imide groups is 1. The van der Waals surface area contributed by atoms with Crippen LogP contribution >= 0.6 is 0 Å². The first-order chi connectivity index (χ1) is 17.4. The molecule has 0 radical (unpaired) electrons. The molecule has 2 aliphatic rings. The Labute approximate surface area is 208 Å². The first-order valence-corrected chi connectivity index (χ1v) is 11.8.